The highest BCUT2D eigenvalue weighted by atomic mass is 32.1. The van der Waals surface area contributed by atoms with Crippen LogP contribution in [0.1, 0.15) is 52.1 Å². The van der Waals surface area contributed by atoms with Crippen LogP contribution < -0.4 is 5.32 Å². The molecular weight excluding hydrogens is 492 g/mol. The highest BCUT2D eigenvalue weighted by molar-refractivity contribution is 7.80. The Morgan fingerprint density at radius 3 is 2.13 bits per heavy atom. The number of thiol groups is 1. The van der Waals surface area contributed by atoms with Crippen LogP contribution in [0.25, 0.3) is 0 Å². The number of carbonyl (C=O) groups excluding carboxylic acids is 2. The molecule has 0 aliphatic carbocycles. The summed E-state index contributed by atoms with van der Waals surface area (Å²) in [5.41, 5.74) is 6.45. The number of piperidine rings is 1. The quantitative estimate of drug-likeness (QED) is 0.374. The third-order valence-electron chi connectivity index (χ3n) is 8.25. The van der Waals surface area contributed by atoms with Gasteiger partial charge in [-0.25, -0.2) is 0 Å². The van der Waals surface area contributed by atoms with Crippen LogP contribution in [0.15, 0.2) is 78.9 Å². The molecule has 1 N–H and O–H groups in total. The van der Waals surface area contributed by atoms with Crippen molar-refractivity contribution in [1.82, 2.24) is 20.0 Å². The molecule has 2 atom stereocenters. The first kappa shape index (κ1) is 25.3. The number of carbonyl (C=O) groups is 2. The number of imide groups is 1. The van der Waals surface area contributed by atoms with E-state index >= 15 is 0 Å². The van der Waals surface area contributed by atoms with Crippen LogP contribution in [0, 0.1) is 0 Å². The van der Waals surface area contributed by atoms with E-state index in [1.807, 2.05) is 0 Å². The standard InChI is InChI=1S/C31H34N4O2S/c36-28-15-14-27(30(37)32-28)35-21-26-24(12-7-13-25(26)31(35)38)20-33-16-18-34(19-17-33)29(22-8-3-1-4-9-22)23-10-5-2-6-11-23/h1-13,27,29,31,38H,14-21H2,(H,32,36,37). The van der Waals surface area contributed by atoms with E-state index in [0.29, 0.717) is 19.4 Å². The van der Waals surface area contributed by atoms with Crippen LogP contribution >= 0.6 is 12.6 Å². The lowest BCUT2D eigenvalue weighted by Crippen LogP contribution is -2.51. The summed E-state index contributed by atoms with van der Waals surface area (Å²) in [6, 6.07) is 28.0. The first-order valence-corrected chi connectivity index (χ1v) is 14.0. The number of benzene rings is 3. The van der Waals surface area contributed by atoms with Gasteiger partial charge in [0.05, 0.1) is 17.5 Å². The van der Waals surface area contributed by atoms with Gasteiger partial charge >= 0.3 is 0 Å². The normalized spacial score (nSPS) is 23.0. The van der Waals surface area contributed by atoms with Gasteiger partial charge in [-0.3, -0.25) is 29.6 Å². The maximum atomic E-state index is 12.6. The molecule has 3 aliphatic rings. The topological polar surface area (TPSA) is 55.9 Å². The van der Waals surface area contributed by atoms with Crippen molar-refractivity contribution in [1.29, 1.82) is 0 Å². The third kappa shape index (κ3) is 5.04. The summed E-state index contributed by atoms with van der Waals surface area (Å²) in [4.78, 5) is 31.5. The van der Waals surface area contributed by atoms with Crippen LogP contribution in [0.5, 0.6) is 0 Å². The van der Waals surface area contributed by atoms with Gasteiger partial charge in [-0.15, -0.1) is 0 Å². The lowest BCUT2D eigenvalue weighted by Gasteiger charge is -2.40. The lowest BCUT2D eigenvalue weighted by molar-refractivity contribution is -0.137. The fourth-order valence-electron chi connectivity index (χ4n) is 6.27. The summed E-state index contributed by atoms with van der Waals surface area (Å²) in [5.74, 6) is -0.377. The molecule has 2 fully saturated rings. The molecule has 0 spiro atoms. The second kappa shape index (κ2) is 11.0. The molecule has 7 heteroatoms. The average molecular weight is 527 g/mol. The molecule has 0 saturated carbocycles. The van der Waals surface area contributed by atoms with E-state index in [0.717, 1.165) is 32.7 Å². The van der Waals surface area contributed by atoms with Crippen molar-refractivity contribution >= 4 is 24.4 Å². The molecule has 0 bridgehead atoms. The fourth-order valence-corrected chi connectivity index (χ4v) is 6.75. The van der Waals surface area contributed by atoms with E-state index in [2.05, 4.69) is 98.9 Å². The molecule has 196 valence electrons. The Morgan fingerprint density at radius 2 is 1.50 bits per heavy atom. The Morgan fingerprint density at radius 1 is 0.842 bits per heavy atom. The molecule has 3 aromatic rings. The monoisotopic (exact) mass is 526 g/mol. The van der Waals surface area contributed by atoms with Crippen molar-refractivity contribution in [2.24, 2.45) is 0 Å². The van der Waals surface area contributed by atoms with Gasteiger partial charge < -0.3 is 0 Å². The van der Waals surface area contributed by atoms with Crippen molar-refractivity contribution in [2.75, 3.05) is 26.2 Å². The minimum Gasteiger partial charge on any atom is -0.297 e. The summed E-state index contributed by atoms with van der Waals surface area (Å²) < 4.78 is 0. The summed E-state index contributed by atoms with van der Waals surface area (Å²) in [6.07, 6.45) is 0.935. The molecule has 3 heterocycles. The number of nitrogens with zero attached hydrogens (tertiary/aromatic N) is 3. The molecule has 2 saturated heterocycles. The molecule has 38 heavy (non-hydrogen) atoms. The molecule has 6 rings (SSSR count). The van der Waals surface area contributed by atoms with Gasteiger partial charge in [-0.05, 0) is 34.2 Å². The van der Waals surface area contributed by atoms with Crippen molar-refractivity contribution < 1.29 is 9.59 Å². The predicted molar refractivity (Wildman–Crippen MR) is 151 cm³/mol. The SMILES string of the molecule is O=C1CCC(N2Cc3c(CN4CCN(C(c5ccccc5)c5ccccc5)CC4)cccc3C2S)C(=O)N1. The molecule has 2 unspecified atom stereocenters. The zero-order chi connectivity index (χ0) is 26.1. The summed E-state index contributed by atoms with van der Waals surface area (Å²) >= 11 is 4.90. The van der Waals surface area contributed by atoms with Crippen molar-refractivity contribution in [3.63, 3.8) is 0 Å². The maximum absolute atomic E-state index is 12.6. The molecule has 6 nitrogen and oxygen atoms in total. The highest BCUT2D eigenvalue weighted by Gasteiger charge is 2.40. The Bertz CT molecular complexity index is 1250. The van der Waals surface area contributed by atoms with E-state index < -0.39 is 0 Å². The number of hydrogen-bond acceptors (Lipinski definition) is 6. The molecule has 3 aromatic carbocycles. The molecular formula is C31H34N4O2S. The number of piperazine rings is 1. The number of fused-ring (bicyclic) bond motifs is 1. The first-order valence-electron chi connectivity index (χ1n) is 13.5. The van der Waals surface area contributed by atoms with Crippen LogP contribution in [0.2, 0.25) is 0 Å². The fraction of sp³-hybridized carbons (Fsp3) is 0.355. The second-order valence-corrected chi connectivity index (χ2v) is 11.0. The van der Waals surface area contributed by atoms with Gasteiger partial charge in [0, 0.05) is 45.7 Å². The highest BCUT2D eigenvalue weighted by Crippen LogP contribution is 2.41. The van der Waals surface area contributed by atoms with Gasteiger partial charge in [0.25, 0.3) is 0 Å². The Kier molecular flexibility index (Phi) is 7.34. The van der Waals surface area contributed by atoms with Crippen LogP contribution in [0.4, 0.5) is 0 Å². The van der Waals surface area contributed by atoms with Gasteiger partial charge in [-0.1, -0.05) is 78.9 Å². The number of hydrogen-bond donors (Lipinski definition) is 2. The molecule has 0 aromatic heterocycles. The van der Waals surface area contributed by atoms with Gasteiger partial charge in [0.15, 0.2) is 0 Å². The predicted octanol–water partition coefficient (Wildman–Crippen LogP) is 4.14. The second-order valence-electron chi connectivity index (χ2n) is 10.5. The largest absolute Gasteiger partial charge is 0.297 e. The van der Waals surface area contributed by atoms with E-state index in [1.165, 1.54) is 27.8 Å². The van der Waals surface area contributed by atoms with E-state index in [1.54, 1.807) is 0 Å². The Labute approximate surface area is 230 Å². The minimum absolute atomic E-state index is 0.136. The Balaban J connectivity index is 1.14. The van der Waals surface area contributed by atoms with Crippen LogP contribution in [0.3, 0.4) is 0 Å². The summed E-state index contributed by atoms with van der Waals surface area (Å²) in [6.45, 7) is 5.59. The van der Waals surface area contributed by atoms with E-state index in [-0.39, 0.29) is 29.3 Å². The van der Waals surface area contributed by atoms with Crippen molar-refractivity contribution in [3.05, 3.63) is 107 Å². The third-order valence-corrected chi connectivity index (χ3v) is 8.82. The van der Waals surface area contributed by atoms with Crippen LogP contribution in [-0.4, -0.2) is 58.7 Å². The van der Waals surface area contributed by atoms with E-state index in [4.69, 9.17) is 12.6 Å². The van der Waals surface area contributed by atoms with Crippen molar-refractivity contribution in [2.45, 2.75) is 43.4 Å². The number of amides is 2. The first-order chi connectivity index (χ1) is 18.6. The van der Waals surface area contributed by atoms with Gasteiger partial charge in [-0.2, -0.15) is 12.6 Å². The maximum Gasteiger partial charge on any atom is 0.243 e. The Hall–Kier alpha value is -2.97. The number of rotatable bonds is 6. The summed E-state index contributed by atoms with van der Waals surface area (Å²) in [7, 11) is 0. The average Bonchev–Trinajstić information content (AvgIpc) is 3.28. The molecule has 3 aliphatic heterocycles. The number of nitrogens with one attached hydrogen (secondary N) is 1. The van der Waals surface area contributed by atoms with Gasteiger partial charge in [0.2, 0.25) is 11.8 Å². The zero-order valence-corrected chi connectivity index (χ0v) is 22.4. The smallest absolute Gasteiger partial charge is 0.243 e. The molecule has 0 radical (unpaired) electrons. The summed E-state index contributed by atoms with van der Waals surface area (Å²) in [5, 5.41) is 2.37. The minimum atomic E-state index is -0.313. The molecule has 2 amide bonds. The zero-order valence-electron chi connectivity index (χ0n) is 21.5. The van der Waals surface area contributed by atoms with Crippen LogP contribution in [-0.2, 0) is 22.7 Å². The van der Waals surface area contributed by atoms with Crippen molar-refractivity contribution in [3.8, 4) is 0 Å². The lowest BCUT2D eigenvalue weighted by atomic mass is 9.96. The van der Waals surface area contributed by atoms with E-state index in [9.17, 15) is 9.59 Å². The van der Waals surface area contributed by atoms with Gasteiger partial charge in [0.1, 0.15) is 0 Å².